The number of aliphatic carboxylic acids is 2. The van der Waals surface area contributed by atoms with Gasteiger partial charge in [0.05, 0.1) is 0 Å². The van der Waals surface area contributed by atoms with Crippen LogP contribution in [0.2, 0.25) is 0 Å². The van der Waals surface area contributed by atoms with Crippen molar-refractivity contribution in [3.8, 4) is 0 Å². The van der Waals surface area contributed by atoms with Crippen molar-refractivity contribution in [1.82, 2.24) is 0 Å². The van der Waals surface area contributed by atoms with Crippen molar-refractivity contribution in [3.63, 3.8) is 0 Å². The van der Waals surface area contributed by atoms with E-state index in [4.69, 9.17) is 10.2 Å². The van der Waals surface area contributed by atoms with Gasteiger partial charge in [-0.1, -0.05) is 45.0 Å². The fourth-order valence-electron chi connectivity index (χ4n) is 1.57. The summed E-state index contributed by atoms with van der Waals surface area (Å²) in [6.07, 6.45) is 0. The normalized spacial score (nSPS) is 10.9. The van der Waals surface area contributed by atoms with Crippen LogP contribution in [0.25, 0.3) is 0 Å². The standard InChI is InChI=1S/C13H16O4.K.H/c1-13(2,3)9-6-4-8(5-7-9)10(11(14)15)12(16)17;;/h4-7,10H,1-3H3,(H,14,15)(H,16,17);;/q;+1;-1. The monoisotopic (exact) mass is 276 g/mol. The Kier molecular flexibility index (Phi) is 6.74. The predicted molar refractivity (Wildman–Crippen MR) is 64.3 cm³/mol. The van der Waals surface area contributed by atoms with E-state index in [0.29, 0.717) is 0 Å². The van der Waals surface area contributed by atoms with Crippen molar-refractivity contribution in [1.29, 1.82) is 0 Å². The van der Waals surface area contributed by atoms with E-state index in [1.807, 2.05) is 20.8 Å². The molecule has 0 spiro atoms. The molecule has 0 fully saturated rings. The molecule has 0 unspecified atom stereocenters. The van der Waals surface area contributed by atoms with E-state index in [0.717, 1.165) is 5.56 Å². The molecule has 18 heavy (non-hydrogen) atoms. The van der Waals surface area contributed by atoms with Crippen LogP contribution in [0.5, 0.6) is 0 Å². The number of carboxylic acids is 2. The topological polar surface area (TPSA) is 74.6 Å². The van der Waals surface area contributed by atoms with Crippen molar-refractivity contribution < 1.29 is 72.6 Å². The van der Waals surface area contributed by atoms with Crippen molar-refractivity contribution >= 4 is 11.9 Å². The first-order chi connectivity index (χ1) is 7.73. The van der Waals surface area contributed by atoms with Crippen molar-refractivity contribution in [3.05, 3.63) is 35.4 Å². The molecular formula is C13H17KO4. The Bertz CT molecular complexity index is 423. The van der Waals surface area contributed by atoms with E-state index in [1.165, 1.54) is 0 Å². The Morgan fingerprint density at radius 1 is 1.06 bits per heavy atom. The smallest absolute Gasteiger partial charge is 1.00 e. The third-order valence-electron chi connectivity index (χ3n) is 2.60. The minimum absolute atomic E-state index is 0. The summed E-state index contributed by atoms with van der Waals surface area (Å²) in [6, 6.07) is 6.67. The molecule has 0 aliphatic carbocycles. The molecule has 0 heterocycles. The third kappa shape index (κ3) is 4.48. The summed E-state index contributed by atoms with van der Waals surface area (Å²) in [7, 11) is 0. The first-order valence-electron chi connectivity index (χ1n) is 5.29. The van der Waals surface area contributed by atoms with Gasteiger partial charge in [-0.05, 0) is 16.5 Å². The van der Waals surface area contributed by atoms with Crippen molar-refractivity contribution in [2.45, 2.75) is 32.1 Å². The summed E-state index contributed by atoms with van der Waals surface area (Å²) < 4.78 is 0. The van der Waals surface area contributed by atoms with Gasteiger partial charge in [-0.2, -0.15) is 0 Å². The van der Waals surface area contributed by atoms with Gasteiger partial charge in [0, 0.05) is 0 Å². The summed E-state index contributed by atoms with van der Waals surface area (Å²) >= 11 is 0. The number of benzene rings is 1. The molecule has 1 aromatic rings. The Hall–Kier alpha value is -0.204. The molecule has 0 aliphatic rings. The maximum Gasteiger partial charge on any atom is 1.00 e. The molecule has 5 heteroatoms. The fraction of sp³-hybridized carbons (Fsp3) is 0.385. The summed E-state index contributed by atoms with van der Waals surface area (Å²) in [5.74, 6) is -4.19. The first-order valence-corrected chi connectivity index (χ1v) is 5.29. The molecule has 0 aromatic heterocycles. The quantitative estimate of drug-likeness (QED) is 0.568. The Balaban J connectivity index is 0. The Morgan fingerprint density at radius 2 is 1.44 bits per heavy atom. The molecule has 0 amide bonds. The minimum atomic E-state index is -1.50. The second kappa shape index (κ2) is 6.82. The molecule has 0 bridgehead atoms. The average molecular weight is 276 g/mol. The van der Waals surface area contributed by atoms with E-state index in [2.05, 4.69) is 0 Å². The number of carbonyl (C=O) groups is 2. The maximum atomic E-state index is 10.8. The predicted octanol–water partition coefficient (Wildman–Crippen LogP) is -0.647. The van der Waals surface area contributed by atoms with Crippen LogP contribution in [0.1, 0.15) is 39.2 Å². The van der Waals surface area contributed by atoms with Gasteiger partial charge in [0.1, 0.15) is 0 Å². The van der Waals surface area contributed by atoms with Gasteiger partial charge in [0.15, 0.2) is 5.92 Å². The van der Waals surface area contributed by atoms with Gasteiger partial charge >= 0.3 is 63.3 Å². The molecule has 2 N–H and O–H groups in total. The molecule has 4 nitrogen and oxygen atoms in total. The summed E-state index contributed by atoms with van der Waals surface area (Å²) in [5, 5.41) is 17.7. The van der Waals surface area contributed by atoms with Crippen molar-refractivity contribution in [2.24, 2.45) is 0 Å². The van der Waals surface area contributed by atoms with Crippen LogP contribution >= 0.6 is 0 Å². The molecule has 0 aliphatic heterocycles. The maximum absolute atomic E-state index is 10.8. The van der Waals surface area contributed by atoms with Crippen LogP contribution in [-0.4, -0.2) is 22.2 Å². The van der Waals surface area contributed by atoms with Crippen LogP contribution in [-0.2, 0) is 15.0 Å². The van der Waals surface area contributed by atoms with Gasteiger partial charge in [0.25, 0.3) is 0 Å². The van der Waals surface area contributed by atoms with Crippen LogP contribution in [0.3, 0.4) is 0 Å². The van der Waals surface area contributed by atoms with Crippen LogP contribution in [0.15, 0.2) is 24.3 Å². The van der Waals surface area contributed by atoms with Gasteiger partial charge in [-0.3, -0.25) is 9.59 Å². The van der Waals surface area contributed by atoms with E-state index in [1.54, 1.807) is 24.3 Å². The van der Waals surface area contributed by atoms with Crippen LogP contribution < -0.4 is 51.4 Å². The number of hydrogen-bond donors (Lipinski definition) is 2. The largest absolute Gasteiger partial charge is 1.00 e. The van der Waals surface area contributed by atoms with Crippen LogP contribution in [0, 0.1) is 0 Å². The zero-order chi connectivity index (χ0) is 13.2. The summed E-state index contributed by atoms with van der Waals surface area (Å²) in [4.78, 5) is 21.7. The Labute approximate surface area is 150 Å². The zero-order valence-corrected chi connectivity index (χ0v) is 14.2. The molecule has 94 valence electrons. The van der Waals surface area contributed by atoms with E-state index < -0.39 is 17.9 Å². The molecule has 0 radical (unpaired) electrons. The second-order valence-corrected chi connectivity index (χ2v) is 4.98. The number of rotatable bonds is 3. The zero-order valence-electron chi connectivity index (χ0n) is 12.1. The van der Waals surface area contributed by atoms with Gasteiger partial charge in [-0.15, -0.1) is 0 Å². The van der Waals surface area contributed by atoms with E-state index >= 15 is 0 Å². The second-order valence-electron chi connectivity index (χ2n) is 4.98. The van der Waals surface area contributed by atoms with Crippen LogP contribution in [0.4, 0.5) is 0 Å². The number of hydrogen-bond acceptors (Lipinski definition) is 2. The van der Waals surface area contributed by atoms with E-state index in [-0.39, 0.29) is 63.8 Å². The molecule has 0 atom stereocenters. The first kappa shape index (κ1) is 17.8. The molecule has 0 saturated carbocycles. The van der Waals surface area contributed by atoms with E-state index in [9.17, 15) is 9.59 Å². The molecule has 0 saturated heterocycles. The Morgan fingerprint density at radius 3 is 1.72 bits per heavy atom. The molecule has 1 aromatic carbocycles. The SMILES string of the molecule is CC(C)(C)c1ccc(C(C(=O)O)C(=O)O)cc1.[H-].[K+]. The third-order valence-corrected chi connectivity index (χ3v) is 2.60. The fourth-order valence-corrected chi connectivity index (χ4v) is 1.57. The molecular weight excluding hydrogens is 259 g/mol. The van der Waals surface area contributed by atoms with Gasteiger partial charge in [0.2, 0.25) is 0 Å². The van der Waals surface area contributed by atoms with Crippen molar-refractivity contribution in [2.75, 3.05) is 0 Å². The average Bonchev–Trinajstić information content (AvgIpc) is 2.15. The minimum Gasteiger partial charge on any atom is -1.00 e. The van der Waals surface area contributed by atoms with Gasteiger partial charge < -0.3 is 11.6 Å². The summed E-state index contributed by atoms with van der Waals surface area (Å²) in [6.45, 7) is 6.11. The molecule has 1 rings (SSSR count). The summed E-state index contributed by atoms with van der Waals surface area (Å²) in [5.41, 5.74) is 1.29. The number of carboxylic acid groups (broad SMARTS) is 2. The van der Waals surface area contributed by atoms with Gasteiger partial charge in [-0.25, -0.2) is 0 Å².